The van der Waals surface area contributed by atoms with Gasteiger partial charge in [-0.2, -0.15) is 0 Å². The molecule has 0 bridgehead atoms. The number of nitrogens with zero attached hydrogens (tertiary/aromatic N) is 2. The van der Waals surface area contributed by atoms with E-state index in [1.807, 2.05) is 6.33 Å². The summed E-state index contributed by atoms with van der Waals surface area (Å²) in [6.45, 7) is 6.05. The number of imidazole rings is 1. The number of nitrogens with two attached hydrogens (primary N) is 1. The van der Waals surface area contributed by atoms with Gasteiger partial charge >= 0.3 is 0 Å². The lowest BCUT2D eigenvalue weighted by Gasteiger charge is -2.10. The van der Waals surface area contributed by atoms with E-state index in [0.717, 1.165) is 25.0 Å². The molecular weight excluding hydrogens is 198 g/mol. The molecule has 0 fully saturated rings. The van der Waals surface area contributed by atoms with Crippen LogP contribution in [0.5, 0.6) is 0 Å². The molecule has 0 saturated heterocycles. The summed E-state index contributed by atoms with van der Waals surface area (Å²) in [7, 11) is 0. The Kier molecular flexibility index (Phi) is 3.25. The molecule has 86 valence electrons. The van der Waals surface area contributed by atoms with Crippen molar-refractivity contribution in [2.75, 3.05) is 6.54 Å². The predicted molar refractivity (Wildman–Crippen MR) is 67.5 cm³/mol. The zero-order valence-electron chi connectivity index (χ0n) is 9.98. The highest BCUT2D eigenvalue weighted by atomic mass is 15.0. The standard InChI is InChI=1S/C13H19N3/c1-3-16-9-15-12-8-11(4-5-13(12)16)10(2)6-7-14/h4-5,8-10H,3,6-7,14H2,1-2H3. The maximum Gasteiger partial charge on any atom is 0.0958 e. The third-order valence-electron chi connectivity index (χ3n) is 3.15. The molecule has 0 aliphatic heterocycles. The first kappa shape index (κ1) is 11.1. The molecule has 2 aromatic rings. The van der Waals surface area contributed by atoms with Crippen molar-refractivity contribution in [1.29, 1.82) is 0 Å². The molecule has 3 nitrogen and oxygen atoms in total. The predicted octanol–water partition coefficient (Wildman–Crippen LogP) is 2.51. The van der Waals surface area contributed by atoms with Gasteiger partial charge in [0.1, 0.15) is 0 Å². The second kappa shape index (κ2) is 4.66. The molecule has 0 saturated carbocycles. The van der Waals surface area contributed by atoms with Crippen LogP contribution in [0.15, 0.2) is 24.5 Å². The smallest absolute Gasteiger partial charge is 0.0958 e. The first-order chi connectivity index (χ1) is 7.76. The summed E-state index contributed by atoms with van der Waals surface area (Å²) in [5, 5.41) is 0. The fourth-order valence-corrected chi connectivity index (χ4v) is 2.06. The molecule has 0 radical (unpaired) electrons. The molecule has 1 atom stereocenters. The number of aromatic nitrogens is 2. The van der Waals surface area contributed by atoms with Crippen LogP contribution in [0.2, 0.25) is 0 Å². The fourth-order valence-electron chi connectivity index (χ4n) is 2.06. The monoisotopic (exact) mass is 217 g/mol. The lowest BCUT2D eigenvalue weighted by Crippen LogP contribution is -2.04. The van der Waals surface area contributed by atoms with Gasteiger partial charge in [0.15, 0.2) is 0 Å². The normalized spacial score (nSPS) is 13.2. The molecule has 1 unspecified atom stereocenters. The molecule has 0 aliphatic carbocycles. The minimum atomic E-state index is 0.515. The van der Waals surface area contributed by atoms with Gasteiger partial charge in [-0.3, -0.25) is 0 Å². The van der Waals surface area contributed by atoms with Gasteiger partial charge in [-0.25, -0.2) is 4.98 Å². The molecule has 16 heavy (non-hydrogen) atoms. The third-order valence-corrected chi connectivity index (χ3v) is 3.15. The Morgan fingerprint density at radius 2 is 2.25 bits per heavy atom. The molecule has 0 spiro atoms. The zero-order valence-corrected chi connectivity index (χ0v) is 9.98. The number of hydrogen-bond acceptors (Lipinski definition) is 2. The van der Waals surface area contributed by atoms with E-state index in [1.165, 1.54) is 11.1 Å². The van der Waals surface area contributed by atoms with Crippen molar-refractivity contribution in [3.05, 3.63) is 30.1 Å². The summed E-state index contributed by atoms with van der Waals surface area (Å²) >= 11 is 0. The molecule has 2 rings (SSSR count). The Balaban J connectivity index is 2.37. The molecule has 1 heterocycles. The van der Waals surface area contributed by atoms with Crippen LogP contribution in [0, 0.1) is 0 Å². The second-order valence-electron chi connectivity index (χ2n) is 4.26. The molecule has 2 N–H and O–H groups in total. The van der Waals surface area contributed by atoms with Gasteiger partial charge in [-0.15, -0.1) is 0 Å². The largest absolute Gasteiger partial charge is 0.331 e. The van der Waals surface area contributed by atoms with Crippen molar-refractivity contribution < 1.29 is 0 Å². The van der Waals surface area contributed by atoms with E-state index < -0.39 is 0 Å². The highest BCUT2D eigenvalue weighted by Crippen LogP contribution is 2.22. The minimum absolute atomic E-state index is 0.515. The number of rotatable bonds is 4. The van der Waals surface area contributed by atoms with Crippen LogP contribution in [0.1, 0.15) is 31.7 Å². The molecule has 3 heteroatoms. The number of hydrogen-bond donors (Lipinski definition) is 1. The van der Waals surface area contributed by atoms with Crippen LogP contribution in [0.4, 0.5) is 0 Å². The van der Waals surface area contributed by atoms with E-state index in [4.69, 9.17) is 5.73 Å². The van der Waals surface area contributed by atoms with E-state index in [1.54, 1.807) is 0 Å². The Morgan fingerprint density at radius 1 is 1.44 bits per heavy atom. The number of benzene rings is 1. The Morgan fingerprint density at radius 3 is 2.94 bits per heavy atom. The van der Waals surface area contributed by atoms with Gasteiger partial charge in [-0.05, 0) is 43.5 Å². The number of fused-ring (bicyclic) bond motifs is 1. The highest BCUT2D eigenvalue weighted by molar-refractivity contribution is 5.76. The van der Waals surface area contributed by atoms with Crippen molar-refractivity contribution in [2.45, 2.75) is 32.7 Å². The lowest BCUT2D eigenvalue weighted by molar-refractivity contribution is 0.691. The second-order valence-corrected chi connectivity index (χ2v) is 4.26. The van der Waals surface area contributed by atoms with E-state index in [9.17, 15) is 0 Å². The van der Waals surface area contributed by atoms with Crippen LogP contribution < -0.4 is 5.73 Å². The molecular formula is C13H19N3. The van der Waals surface area contributed by atoms with Crippen LogP contribution >= 0.6 is 0 Å². The highest BCUT2D eigenvalue weighted by Gasteiger charge is 2.07. The molecule has 0 amide bonds. The summed E-state index contributed by atoms with van der Waals surface area (Å²) in [6, 6.07) is 6.53. The summed E-state index contributed by atoms with van der Waals surface area (Å²) in [4.78, 5) is 4.42. The van der Waals surface area contributed by atoms with Crippen LogP contribution in [0.25, 0.3) is 11.0 Å². The van der Waals surface area contributed by atoms with E-state index in [-0.39, 0.29) is 0 Å². The van der Waals surface area contributed by atoms with Crippen molar-refractivity contribution in [1.82, 2.24) is 9.55 Å². The Bertz CT molecular complexity index is 473. The van der Waals surface area contributed by atoms with E-state index >= 15 is 0 Å². The van der Waals surface area contributed by atoms with Crippen molar-refractivity contribution in [2.24, 2.45) is 5.73 Å². The first-order valence-corrected chi connectivity index (χ1v) is 5.91. The van der Waals surface area contributed by atoms with Gasteiger partial charge in [0.25, 0.3) is 0 Å². The zero-order chi connectivity index (χ0) is 11.5. The summed E-state index contributed by atoms with van der Waals surface area (Å²) in [6.07, 6.45) is 2.93. The van der Waals surface area contributed by atoms with Crippen molar-refractivity contribution >= 4 is 11.0 Å². The van der Waals surface area contributed by atoms with Crippen molar-refractivity contribution in [3.8, 4) is 0 Å². The van der Waals surface area contributed by atoms with Crippen LogP contribution in [-0.2, 0) is 6.54 Å². The summed E-state index contributed by atoms with van der Waals surface area (Å²) in [5.41, 5.74) is 9.22. The van der Waals surface area contributed by atoms with Gasteiger partial charge < -0.3 is 10.3 Å². The first-order valence-electron chi connectivity index (χ1n) is 5.91. The van der Waals surface area contributed by atoms with Crippen LogP contribution in [-0.4, -0.2) is 16.1 Å². The molecule has 1 aromatic carbocycles. The molecule has 0 aliphatic rings. The average molecular weight is 217 g/mol. The average Bonchev–Trinajstić information content (AvgIpc) is 2.71. The Labute approximate surface area is 96.3 Å². The van der Waals surface area contributed by atoms with Crippen molar-refractivity contribution in [3.63, 3.8) is 0 Å². The van der Waals surface area contributed by atoms with Gasteiger partial charge in [0, 0.05) is 6.54 Å². The fraction of sp³-hybridized carbons (Fsp3) is 0.462. The lowest BCUT2D eigenvalue weighted by atomic mass is 9.97. The Hall–Kier alpha value is -1.35. The molecule has 1 aromatic heterocycles. The third kappa shape index (κ3) is 1.95. The number of aryl methyl sites for hydroxylation is 1. The topological polar surface area (TPSA) is 43.8 Å². The SMILES string of the molecule is CCn1cnc2cc(C(C)CCN)ccc21. The van der Waals surface area contributed by atoms with E-state index in [0.29, 0.717) is 5.92 Å². The van der Waals surface area contributed by atoms with E-state index in [2.05, 4.69) is 41.6 Å². The van der Waals surface area contributed by atoms with Gasteiger partial charge in [0.05, 0.1) is 17.4 Å². The van der Waals surface area contributed by atoms with Gasteiger partial charge in [-0.1, -0.05) is 13.0 Å². The quantitative estimate of drug-likeness (QED) is 0.855. The van der Waals surface area contributed by atoms with Crippen LogP contribution in [0.3, 0.4) is 0 Å². The summed E-state index contributed by atoms with van der Waals surface area (Å²) in [5.74, 6) is 0.515. The minimum Gasteiger partial charge on any atom is -0.331 e. The maximum absolute atomic E-state index is 5.59. The summed E-state index contributed by atoms with van der Waals surface area (Å²) < 4.78 is 2.16. The van der Waals surface area contributed by atoms with Gasteiger partial charge in [0.2, 0.25) is 0 Å². The maximum atomic E-state index is 5.59.